The smallest absolute Gasteiger partial charge is 0.145 e. The molecule has 1 saturated carbocycles. The maximum Gasteiger partial charge on any atom is 0.145 e. The molecule has 98 valence electrons. The summed E-state index contributed by atoms with van der Waals surface area (Å²) in [4.78, 5) is 4.22. The summed E-state index contributed by atoms with van der Waals surface area (Å²) in [5, 5.41) is 0. The Balaban J connectivity index is 3.14. The molecule has 0 unspecified atom stereocenters. The lowest BCUT2D eigenvalue weighted by atomic mass is 9.99. The first-order valence-corrected chi connectivity index (χ1v) is 6.38. The van der Waals surface area contributed by atoms with Crippen molar-refractivity contribution in [3.63, 3.8) is 0 Å². The summed E-state index contributed by atoms with van der Waals surface area (Å²) >= 11 is 0. The van der Waals surface area contributed by atoms with Gasteiger partial charge >= 0.3 is 0 Å². The number of hydrogen-bond donors (Lipinski definition) is 0. The molecule has 0 bridgehead atoms. The molecule has 0 atom stereocenters. The molecular weight excluding hydrogens is 225 g/mol. The summed E-state index contributed by atoms with van der Waals surface area (Å²) in [5.74, 6) is 0.447. The fourth-order valence-electron chi connectivity index (χ4n) is 1.91. The summed E-state index contributed by atoms with van der Waals surface area (Å²) < 4.78 is 13.9. The highest BCUT2D eigenvalue weighted by molar-refractivity contribution is 6.13. The summed E-state index contributed by atoms with van der Waals surface area (Å²) in [5.41, 5.74) is 2.92. The Morgan fingerprint density at radius 1 is 1.39 bits per heavy atom. The molecule has 0 aromatic rings. The number of rotatable bonds is 6. The third kappa shape index (κ3) is 4.10. The van der Waals surface area contributed by atoms with Crippen LogP contribution in [0.3, 0.4) is 0 Å². The van der Waals surface area contributed by atoms with Crippen molar-refractivity contribution >= 4 is 5.71 Å². The van der Waals surface area contributed by atoms with Crippen LogP contribution in [0.5, 0.6) is 0 Å². The van der Waals surface area contributed by atoms with Crippen molar-refractivity contribution in [2.75, 3.05) is 0 Å². The maximum absolute atomic E-state index is 13.9. The van der Waals surface area contributed by atoms with E-state index in [4.69, 9.17) is 0 Å². The number of aliphatic imine (C=N–C) groups is 1. The first kappa shape index (κ1) is 14.6. The molecule has 0 amide bonds. The molecule has 18 heavy (non-hydrogen) atoms. The van der Waals surface area contributed by atoms with Gasteiger partial charge in [0.1, 0.15) is 11.5 Å². The second kappa shape index (κ2) is 6.48. The van der Waals surface area contributed by atoms with Gasteiger partial charge in [-0.3, -0.25) is 4.99 Å². The van der Waals surface area contributed by atoms with E-state index in [1.807, 2.05) is 6.92 Å². The Morgan fingerprint density at radius 2 is 2.00 bits per heavy atom. The van der Waals surface area contributed by atoms with Gasteiger partial charge in [-0.05, 0) is 52.0 Å². The molecule has 0 aromatic carbocycles. The number of hydrogen-bond acceptors (Lipinski definition) is 1. The van der Waals surface area contributed by atoms with Gasteiger partial charge in [0.25, 0.3) is 0 Å². The molecule has 1 fully saturated rings. The van der Waals surface area contributed by atoms with E-state index in [1.54, 1.807) is 19.9 Å². The minimum atomic E-state index is -0.317. The summed E-state index contributed by atoms with van der Waals surface area (Å²) in [7, 11) is 0. The molecular formula is C16H22FN. The average molecular weight is 247 g/mol. The Labute approximate surface area is 110 Å². The predicted octanol–water partition coefficient (Wildman–Crippen LogP) is 5.14. The highest BCUT2D eigenvalue weighted by Crippen LogP contribution is 2.36. The maximum atomic E-state index is 13.9. The van der Waals surface area contributed by atoms with E-state index in [2.05, 4.69) is 18.2 Å². The van der Waals surface area contributed by atoms with Crippen molar-refractivity contribution in [1.82, 2.24) is 0 Å². The molecule has 0 aliphatic heterocycles. The quantitative estimate of drug-likeness (QED) is 0.455. The van der Waals surface area contributed by atoms with Gasteiger partial charge in [0, 0.05) is 11.3 Å². The van der Waals surface area contributed by atoms with Gasteiger partial charge in [0.05, 0.1) is 0 Å². The standard InChI is InChI=1S/C16H22FN/c1-6-14(12(5)10-13-8-9-13)16(15(17)7-2)18-11(3)4/h6-7,13H,1,3,8-10H2,2,4-5H3/b14-12?,15-7+,18-16?. The fraction of sp³-hybridized carbons (Fsp3) is 0.438. The normalized spacial score (nSPS) is 18.4. The Bertz CT molecular complexity index is 434. The Kier molecular flexibility index (Phi) is 5.26. The van der Waals surface area contributed by atoms with Crippen molar-refractivity contribution in [2.24, 2.45) is 10.9 Å². The summed E-state index contributed by atoms with van der Waals surface area (Å²) in [6, 6.07) is 0. The largest absolute Gasteiger partial charge is 0.251 e. The van der Waals surface area contributed by atoms with Crippen LogP contribution in [-0.2, 0) is 0 Å². The molecule has 1 rings (SSSR count). The zero-order valence-corrected chi connectivity index (χ0v) is 11.6. The minimum absolute atomic E-state index is 0.317. The lowest BCUT2D eigenvalue weighted by molar-refractivity contribution is 0.678. The molecule has 0 heterocycles. The molecule has 0 radical (unpaired) electrons. The molecule has 0 spiro atoms. The van der Waals surface area contributed by atoms with E-state index >= 15 is 0 Å². The van der Waals surface area contributed by atoms with Crippen LogP contribution in [0.4, 0.5) is 4.39 Å². The highest BCUT2D eigenvalue weighted by Gasteiger charge is 2.23. The Morgan fingerprint density at radius 3 is 2.39 bits per heavy atom. The summed E-state index contributed by atoms with van der Waals surface area (Å²) in [6.45, 7) is 13.0. The van der Waals surface area contributed by atoms with Crippen molar-refractivity contribution in [3.8, 4) is 0 Å². The van der Waals surface area contributed by atoms with Crippen molar-refractivity contribution in [3.05, 3.63) is 48.0 Å². The van der Waals surface area contributed by atoms with Crippen LogP contribution in [0, 0.1) is 5.92 Å². The zero-order valence-electron chi connectivity index (χ0n) is 11.6. The van der Waals surface area contributed by atoms with Gasteiger partial charge in [0.2, 0.25) is 0 Å². The van der Waals surface area contributed by atoms with Crippen LogP contribution in [0.15, 0.2) is 53.0 Å². The van der Waals surface area contributed by atoms with E-state index in [-0.39, 0.29) is 5.83 Å². The fourth-order valence-corrected chi connectivity index (χ4v) is 1.91. The lowest BCUT2D eigenvalue weighted by Gasteiger charge is -2.10. The SMILES string of the molecule is C=CC(C(=NC(=C)C)/C(F)=C\C)=C(C)CC1CC1. The van der Waals surface area contributed by atoms with Crippen molar-refractivity contribution in [2.45, 2.75) is 40.0 Å². The number of halogens is 1. The van der Waals surface area contributed by atoms with Gasteiger partial charge in [-0.2, -0.15) is 0 Å². The molecule has 1 nitrogen and oxygen atoms in total. The van der Waals surface area contributed by atoms with Gasteiger partial charge in [-0.25, -0.2) is 4.39 Å². The van der Waals surface area contributed by atoms with Gasteiger partial charge in [0.15, 0.2) is 0 Å². The average Bonchev–Trinajstić information content (AvgIpc) is 3.11. The van der Waals surface area contributed by atoms with Gasteiger partial charge in [-0.1, -0.05) is 24.8 Å². The first-order valence-electron chi connectivity index (χ1n) is 6.38. The third-order valence-corrected chi connectivity index (χ3v) is 2.99. The predicted molar refractivity (Wildman–Crippen MR) is 77.4 cm³/mol. The second-order valence-electron chi connectivity index (χ2n) is 4.88. The monoisotopic (exact) mass is 247 g/mol. The first-order chi connectivity index (χ1) is 8.49. The van der Waals surface area contributed by atoms with Crippen molar-refractivity contribution < 1.29 is 4.39 Å². The van der Waals surface area contributed by atoms with E-state index in [0.717, 1.165) is 23.5 Å². The molecule has 0 aromatic heterocycles. The van der Waals surface area contributed by atoms with E-state index in [1.165, 1.54) is 18.9 Å². The van der Waals surface area contributed by atoms with Gasteiger partial charge in [-0.15, -0.1) is 0 Å². The number of allylic oxidation sites excluding steroid dienone is 6. The van der Waals surface area contributed by atoms with Crippen LogP contribution in [0.2, 0.25) is 0 Å². The minimum Gasteiger partial charge on any atom is -0.251 e. The zero-order chi connectivity index (χ0) is 13.7. The molecule has 0 N–H and O–H groups in total. The third-order valence-electron chi connectivity index (χ3n) is 2.99. The lowest BCUT2D eigenvalue weighted by Crippen LogP contribution is -2.05. The van der Waals surface area contributed by atoms with Crippen LogP contribution in [-0.4, -0.2) is 5.71 Å². The van der Waals surface area contributed by atoms with Gasteiger partial charge < -0.3 is 0 Å². The van der Waals surface area contributed by atoms with Crippen molar-refractivity contribution in [1.29, 1.82) is 0 Å². The number of nitrogens with zero attached hydrogens (tertiary/aromatic N) is 1. The van der Waals surface area contributed by atoms with E-state index in [0.29, 0.717) is 11.4 Å². The van der Waals surface area contributed by atoms with Crippen LogP contribution in [0.1, 0.15) is 40.0 Å². The van der Waals surface area contributed by atoms with Crippen LogP contribution in [0.25, 0.3) is 0 Å². The van der Waals surface area contributed by atoms with E-state index in [9.17, 15) is 4.39 Å². The molecule has 0 saturated heterocycles. The highest BCUT2D eigenvalue weighted by atomic mass is 19.1. The van der Waals surface area contributed by atoms with Crippen LogP contribution < -0.4 is 0 Å². The molecule has 1 aliphatic rings. The topological polar surface area (TPSA) is 12.4 Å². The summed E-state index contributed by atoms with van der Waals surface area (Å²) in [6.07, 6.45) is 6.69. The molecule has 1 aliphatic carbocycles. The van der Waals surface area contributed by atoms with Crippen LogP contribution >= 0.6 is 0 Å². The Hall–Kier alpha value is -1.44. The van der Waals surface area contributed by atoms with E-state index < -0.39 is 0 Å². The second-order valence-corrected chi connectivity index (χ2v) is 4.88. The molecule has 2 heteroatoms.